The van der Waals surface area contributed by atoms with E-state index in [4.69, 9.17) is 9.15 Å². The summed E-state index contributed by atoms with van der Waals surface area (Å²) in [4.78, 5) is 0. The summed E-state index contributed by atoms with van der Waals surface area (Å²) in [5.74, 6) is 2.20. The van der Waals surface area contributed by atoms with Crippen LogP contribution in [0.4, 0.5) is 0 Å². The van der Waals surface area contributed by atoms with E-state index in [9.17, 15) is 0 Å². The van der Waals surface area contributed by atoms with E-state index in [1.54, 1.807) is 0 Å². The van der Waals surface area contributed by atoms with Gasteiger partial charge >= 0.3 is 0 Å². The molecule has 0 spiro atoms. The fourth-order valence-corrected chi connectivity index (χ4v) is 8.39. The van der Waals surface area contributed by atoms with Crippen molar-refractivity contribution >= 4 is 44.5 Å². The lowest BCUT2D eigenvalue weighted by atomic mass is 9.80. The molecule has 0 saturated heterocycles. The molecule has 1 aliphatic heterocycles. The molecule has 2 aromatic heterocycles. The highest BCUT2D eigenvalue weighted by atomic mass is 16.5. The Morgan fingerprint density at radius 1 is 0.881 bits per heavy atom. The minimum absolute atomic E-state index is 0.0324. The highest BCUT2D eigenvalue weighted by Crippen LogP contribution is 2.58. The van der Waals surface area contributed by atoms with Gasteiger partial charge in [-0.3, -0.25) is 0 Å². The van der Waals surface area contributed by atoms with E-state index in [0.717, 1.165) is 29.9 Å². The summed E-state index contributed by atoms with van der Waals surface area (Å²) < 4.78 is 15.7. The first-order chi connectivity index (χ1) is 20.6. The van der Waals surface area contributed by atoms with Crippen LogP contribution in [0.25, 0.3) is 55.7 Å². The number of allylic oxidation sites excluding steroid dienone is 3. The molecule has 0 saturated carbocycles. The summed E-state index contributed by atoms with van der Waals surface area (Å²) >= 11 is 0. The number of fused-ring (bicyclic) bond motifs is 15. The number of benzene rings is 4. The normalized spacial score (nSPS) is 20.8. The predicted molar refractivity (Wildman–Crippen MR) is 171 cm³/mol. The lowest BCUT2D eigenvalue weighted by Gasteiger charge is -2.25. The molecule has 3 heterocycles. The summed E-state index contributed by atoms with van der Waals surface area (Å²) in [6.07, 6.45) is 13.5. The van der Waals surface area contributed by atoms with Crippen molar-refractivity contribution in [2.45, 2.75) is 44.1 Å². The fraction of sp³-hybridized carbons (Fsp3) is 0.179. The van der Waals surface area contributed by atoms with Gasteiger partial charge in [-0.05, 0) is 66.0 Å². The second-order valence-electron chi connectivity index (χ2n) is 12.7. The Balaban J connectivity index is 1.40. The molecule has 42 heavy (non-hydrogen) atoms. The Bertz CT molecular complexity index is 2270. The van der Waals surface area contributed by atoms with Crippen molar-refractivity contribution < 1.29 is 9.15 Å². The Hall–Kier alpha value is -4.76. The Kier molecular flexibility index (Phi) is 4.22. The van der Waals surface area contributed by atoms with Crippen LogP contribution in [0.3, 0.4) is 0 Å². The number of para-hydroxylation sites is 2. The van der Waals surface area contributed by atoms with Crippen LogP contribution in [0.2, 0.25) is 0 Å². The van der Waals surface area contributed by atoms with Gasteiger partial charge in [0.25, 0.3) is 0 Å². The fourth-order valence-electron chi connectivity index (χ4n) is 8.39. The number of hydrogen-bond donors (Lipinski definition) is 0. The standard InChI is InChI=1S/C39H29NO2/c1-39(2)28-15-7-3-12-24(28)35-36(39)37-33(34-26-14-6-10-18-31(26)42-38(34)35)25-13-4-8-16-29(25)40(37)22-19-20-32-27(21-22)23-11-5-9-17-30(23)41-32/h3-5,7-13,15-21,27,32H,6,14H2,1-2H3. The molecule has 0 amide bonds. The SMILES string of the molecule is CC1(C)c2ccccc2-c2c1c1c(c3ccccc3n1C1=CC3c4ccccc4OC3C=C1)c1c3c(oc21)C=CCC3. The first-order valence-electron chi connectivity index (χ1n) is 15.1. The number of hydrogen-bond acceptors (Lipinski definition) is 2. The van der Waals surface area contributed by atoms with E-state index in [1.807, 2.05) is 0 Å². The van der Waals surface area contributed by atoms with Gasteiger partial charge in [0.1, 0.15) is 23.2 Å². The van der Waals surface area contributed by atoms with Gasteiger partial charge in [-0.15, -0.1) is 0 Å². The van der Waals surface area contributed by atoms with Crippen LogP contribution in [-0.4, -0.2) is 10.7 Å². The molecule has 3 heteroatoms. The van der Waals surface area contributed by atoms with Gasteiger partial charge in [-0.2, -0.15) is 0 Å². The molecule has 2 atom stereocenters. The van der Waals surface area contributed by atoms with Gasteiger partial charge in [-0.25, -0.2) is 0 Å². The van der Waals surface area contributed by atoms with Crippen molar-refractivity contribution in [1.82, 2.24) is 4.57 Å². The summed E-state index contributed by atoms with van der Waals surface area (Å²) in [6.45, 7) is 4.77. The molecule has 2 unspecified atom stereocenters. The van der Waals surface area contributed by atoms with Crippen molar-refractivity contribution in [3.63, 3.8) is 0 Å². The average molecular weight is 544 g/mol. The van der Waals surface area contributed by atoms with E-state index in [2.05, 4.69) is 122 Å². The topological polar surface area (TPSA) is 27.3 Å². The van der Waals surface area contributed by atoms with E-state index in [-0.39, 0.29) is 17.4 Å². The third-order valence-electron chi connectivity index (χ3n) is 10.2. The Labute approximate surface area is 244 Å². The van der Waals surface area contributed by atoms with Crippen LogP contribution in [0.5, 0.6) is 5.75 Å². The van der Waals surface area contributed by atoms with Gasteiger partial charge < -0.3 is 13.7 Å². The molecule has 6 aromatic rings. The zero-order valence-electron chi connectivity index (χ0n) is 23.6. The minimum Gasteiger partial charge on any atom is -0.485 e. The highest BCUT2D eigenvalue weighted by Gasteiger charge is 2.42. The number of aryl methyl sites for hydroxylation is 1. The molecular weight excluding hydrogens is 514 g/mol. The van der Waals surface area contributed by atoms with Crippen LogP contribution in [0.1, 0.15) is 54.2 Å². The lowest BCUT2D eigenvalue weighted by Crippen LogP contribution is -2.19. The maximum absolute atomic E-state index is 6.85. The van der Waals surface area contributed by atoms with E-state index in [1.165, 1.54) is 66.3 Å². The summed E-state index contributed by atoms with van der Waals surface area (Å²) in [6, 6.07) is 26.4. The molecule has 0 bridgehead atoms. The maximum atomic E-state index is 6.85. The number of rotatable bonds is 1. The number of aromatic nitrogens is 1. The minimum atomic E-state index is -0.196. The van der Waals surface area contributed by atoms with Crippen LogP contribution in [0.15, 0.2) is 102 Å². The Morgan fingerprint density at radius 3 is 2.67 bits per heavy atom. The third-order valence-corrected chi connectivity index (χ3v) is 10.2. The first-order valence-corrected chi connectivity index (χ1v) is 15.1. The van der Waals surface area contributed by atoms with Gasteiger partial charge in [0.05, 0.1) is 11.0 Å². The van der Waals surface area contributed by atoms with Gasteiger partial charge in [0.2, 0.25) is 0 Å². The van der Waals surface area contributed by atoms with E-state index >= 15 is 0 Å². The van der Waals surface area contributed by atoms with Crippen LogP contribution in [0, 0.1) is 0 Å². The quantitative estimate of drug-likeness (QED) is 0.206. The molecule has 4 aromatic carbocycles. The molecule has 3 aliphatic carbocycles. The third kappa shape index (κ3) is 2.68. The second-order valence-corrected chi connectivity index (χ2v) is 12.7. The van der Waals surface area contributed by atoms with Crippen LogP contribution >= 0.6 is 0 Å². The maximum Gasteiger partial charge on any atom is 0.143 e. The number of nitrogens with zero attached hydrogens (tertiary/aromatic N) is 1. The zero-order chi connectivity index (χ0) is 27.7. The molecule has 0 N–H and O–H groups in total. The molecule has 10 rings (SSSR count). The van der Waals surface area contributed by atoms with E-state index < -0.39 is 0 Å². The molecule has 0 radical (unpaired) electrons. The smallest absolute Gasteiger partial charge is 0.143 e. The molecule has 202 valence electrons. The summed E-state index contributed by atoms with van der Waals surface area (Å²) in [7, 11) is 0. The van der Waals surface area contributed by atoms with Gasteiger partial charge in [-0.1, -0.05) is 80.6 Å². The van der Waals surface area contributed by atoms with Crippen molar-refractivity contribution in [2.24, 2.45) is 0 Å². The molecule has 3 nitrogen and oxygen atoms in total. The molecular formula is C39H29NO2. The highest BCUT2D eigenvalue weighted by molar-refractivity contribution is 6.27. The predicted octanol–water partition coefficient (Wildman–Crippen LogP) is 9.76. The summed E-state index contributed by atoms with van der Waals surface area (Å²) in [5, 5.41) is 3.89. The second kappa shape index (κ2) is 7.74. The van der Waals surface area contributed by atoms with Gasteiger partial charge in [0, 0.05) is 49.9 Å². The van der Waals surface area contributed by atoms with Crippen molar-refractivity contribution in [1.29, 1.82) is 0 Å². The largest absolute Gasteiger partial charge is 0.485 e. The number of furan rings is 1. The van der Waals surface area contributed by atoms with E-state index in [0.29, 0.717) is 0 Å². The van der Waals surface area contributed by atoms with Crippen LogP contribution in [-0.2, 0) is 11.8 Å². The lowest BCUT2D eigenvalue weighted by molar-refractivity contribution is 0.269. The summed E-state index contributed by atoms with van der Waals surface area (Å²) in [5.41, 5.74) is 12.5. The monoisotopic (exact) mass is 543 g/mol. The zero-order valence-corrected chi connectivity index (χ0v) is 23.6. The molecule has 4 aliphatic rings. The van der Waals surface area contributed by atoms with Crippen LogP contribution < -0.4 is 4.74 Å². The van der Waals surface area contributed by atoms with Crippen molar-refractivity contribution in [3.05, 3.63) is 125 Å². The van der Waals surface area contributed by atoms with Gasteiger partial charge in [0.15, 0.2) is 0 Å². The average Bonchev–Trinajstić information content (AvgIpc) is 3.74. The first kappa shape index (κ1) is 22.9. The van der Waals surface area contributed by atoms with Crippen molar-refractivity contribution in [2.75, 3.05) is 0 Å². The molecule has 0 fully saturated rings. The Morgan fingerprint density at radius 2 is 1.71 bits per heavy atom. The number of ether oxygens (including phenoxy) is 1. The van der Waals surface area contributed by atoms with Crippen molar-refractivity contribution in [3.8, 4) is 16.9 Å².